The van der Waals surface area contributed by atoms with E-state index in [4.69, 9.17) is 9.15 Å². The molecule has 3 aliphatic heterocycles. The molecular formula is C19H27N3O4S. The lowest BCUT2D eigenvalue weighted by Crippen LogP contribution is -2.41. The number of piperidine rings is 1. The van der Waals surface area contributed by atoms with Crippen LogP contribution in [0.1, 0.15) is 47.3 Å². The molecule has 27 heavy (non-hydrogen) atoms. The Labute approximate surface area is 163 Å². The van der Waals surface area contributed by atoms with Crippen molar-refractivity contribution in [1.82, 2.24) is 14.8 Å². The second-order valence-electron chi connectivity index (χ2n) is 7.52. The standard InChI is InChI=1S/C19H27N3O4S/c1-13-16(19(24)22-7-10-27-11-8-22)20-17(26-13)14-2-5-21(6-3-14)18(23)15-4-9-25-12-15/h14-15H,2-12H2,1H3/t15-/m1/s1. The molecule has 0 unspecified atom stereocenters. The molecule has 148 valence electrons. The fourth-order valence-corrected chi connectivity index (χ4v) is 4.94. The van der Waals surface area contributed by atoms with Gasteiger partial charge in [0.1, 0.15) is 5.76 Å². The summed E-state index contributed by atoms with van der Waals surface area (Å²) in [6.45, 7) is 6.05. The molecule has 0 radical (unpaired) electrons. The lowest BCUT2D eigenvalue weighted by molar-refractivity contribution is -0.136. The average molecular weight is 394 g/mol. The quantitative estimate of drug-likeness (QED) is 0.781. The van der Waals surface area contributed by atoms with Crippen LogP contribution in [0.3, 0.4) is 0 Å². The molecule has 1 atom stereocenters. The summed E-state index contributed by atoms with van der Waals surface area (Å²) < 4.78 is 11.2. The van der Waals surface area contributed by atoms with E-state index in [1.54, 1.807) is 0 Å². The van der Waals surface area contributed by atoms with Crippen LogP contribution >= 0.6 is 11.8 Å². The molecule has 0 N–H and O–H groups in total. The van der Waals surface area contributed by atoms with Gasteiger partial charge in [-0.3, -0.25) is 9.59 Å². The predicted molar refractivity (Wildman–Crippen MR) is 102 cm³/mol. The summed E-state index contributed by atoms with van der Waals surface area (Å²) >= 11 is 1.88. The van der Waals surface area contributed by atoms with Gasteiger partial charge in [0.2, 0.25) is 5.91 Å². The summed E-state index contributed by atoms with van der Waals surface area (Å²) in [4.78, 5) is 33.6. The molecule has 4 rings (SSSR count). The van der Waals surface area contributed by atoms with E-state index in [0.29, 0.717) is 43.6 Å². The second-order valence-corrected chi connectivity index (χ2v) is 8.75. The molecule has 8 heteroatoms. The van der Waals surface area contributed by atoms with E-state index in [2.05, 4.69) is 4.98 Å². The molecule has 0 aliphatic carbocycles. The van der Waals surface area contributed by atoms with E-state index >= 15 is 0 Å². The molecule has 0 spiro atoms. The molecule has 0 aromatic carbocycles. The van der Waals surface area contributed by atoms with Crippen LogP contribution in [-0.4, -0.2) is 77.5 Å². The summed E-state index contributed by atoms with van der Waals surface area (Å²) in [7, 11) is 0. The third-order valence-corrected chi connectivity index (χ3v) is 6.69. The Bertz CT molecular complexity index is 687. The van der Waals surface area contributed by atoms with Crippen molar-refractivity contribution in [2.75, 3.05) is 50.9 Å². The number of ether oxygens (including phenoxy) is 1. The van der Waals surface area contributed by atoms with Crippen LogP contribution in [-0.2, 0) is 9.53 Å². The molecule has 1 aromatic rings. The summed E-state index contributed by atoms with van der Waals surface area (Å²) in [6, 6.07) is 0. The summed E-state index contributed by atoms with van der Waals surface area (Å²) in [5.74, 6) is 3.61. The number of likely N-dealkylation sites (tertiary alicyclic amines) is 1. The highest BCUT2D eigenvalue weighted by Crippen LogP contribution is 2.30. The van der Waals surface area contributed by atoms with E-state index in [1.807, 2.05) is 28.5 Å². The number of oxazole rings is 1. The van der Waals surface area contributed by atoms with Crippen LogP contribution in [0, 0.1) is 12.8 Å². The van der Waals surface area contributed by atoms with E-state index in [9.17, 15) is 9.59 Å². The first-order chi connectivity index (χ1) is 13.1. The highest BCUT2D eigenvalue weighted by Gasteiger charge is 2.33. The van der Waals surface area contributed by atoms with Gasteiger partial charge < -0.3 is 19.0 Å². The normalized spacial score (nSPS) is 24.4. The fraction of sp³-hybridized carbons (Fsp3) is 0.737. The fourth-order valence-electron chi connectivity index (χ4n) is 4.04. The Balaban J connectivity index is 1.37. The lowest BCUT2D eigenvalue weighted by Gasteiger charge is -2.32. The molecule has 0 bridgehead atoms. The number of carbonyl (C=O) groups excluding carboxylic acids is 2. The average Bonchev–Trinajstić information content (AvgIpc) is 3.38. The van der Waals surface area contributed by atoms with Gasteiger partial charge in [-0.2, -0.15) is 11.8 Å². The minimum Gasteiger partial charge on any atom is -0.445 e. The van der Waals surface area contributed by atoms with Crippen molar-refractivity contribution in [3.05, 3.63) is 17.3 Å². The first-order valence-corrected chi connectivity index (χ1v) is 11.0. The van der Waals surface area contributed by atoms with Crippen molar-refractivity contribution in [3.63, 3.8) is 0 Å². The van der Waals surface area contributed by atoms with Gasteiger partial charge in [-0.15, -0.1) is 0 Å². The van der Waals surface area contributed by atoms with Gasteiger partial charge >= 0.3 is 0 Å². The molecular weight excluding hydrogens is 366 g/mol. The van der Waals surface area contributed by atoms with E-state index in [1.165, 1.54) is 0 Å². The number of aryl methyl sites for hydroxylation is 1. The minimum atomic E-state index is -0.0170. The maximum Gasteiger partial charge on any atom is 0.276 e. The van der Waals surface area contributed by atoms with Crippen molar-refractivity contribution in [1.29, 1.82) is 0 Å². The van der Waals surface area contributed by atoms with Gasteiger partial charge in [-0.1, -0.05) is 0 Å². The SMILES string of the molecule is Cc1oc(C2CCN(C(=O)[C@@H]3CCOC3)CC2)nc1C(=O)N1CCSCC1. The Morgan fingerprint density at radius 3 is 2.48 bits per heavy atom. The summed E-state index contributed by atoms with van der Waals surface area (Å²) in [5, 5.41) is 0. The molecule has 2 amide bonds. The molecule has 7 nitrogen and oxygen atoms in total. The monoisotopic (exact) mass is 393 g/mol. The van der Waals surface area contributed by atoms with Crippen molar-refractivity contribution in [3.8, 4) is 0 Å². The molecule has 3 aliphatic rings. The Hall–Kier alpha value is -1.54. The van der Waals surface area contributed by atoms with E-state index < -0.39 is 0 Å². The van der Waals surface area contributed by atoms with Crippen molar-refractivity contribution < 1.29 is 18.7 Å². The van der Waals surface area contributed by atoms with E-state index in [0.717, 1.165) is 43.9 Å². The van der Waals surface area contributed by atoms with Crippen LogP contribution < -0.4 is 0 Å². The number of aromatic nitrogens is 1. The largest absolute Gasteiger partial charge is 0.445 e. The zero-order valence-electron chi connectivity index (χ0n) is 15.8. The minimum absolute atomic E-state index is 0.0170. The number of hydrogen-bond acceptors (Lipinski definition) is 6. The number of hydrogen-bond donors (Lipinski definition) is 0. The van der Waals surface area contributed by atoms with Crippen LogP contribution in [0.2, 0.25) is 0 Å². The molecule has 0 saturated carbocycles. The Morgan fingerprint density at radius 1 is 1.07 bits per heavy atom. The first-order valence-electron chi connectivity index (χ1n) is 9.84. The number of thioether (sulfide) groups is 1. The van der Waals surface area contributed by atoms with Crippen LogP contribution in [0.5, 0.6) is 0 Å². The number of carbonyl (C=O) groups is 2. The third-order valence-electron chi connectivity index (χ3n) is 5.75. The number of nitrogens with zero attached hydrogens (tertiary/aromatic N) is 3. The topological polar surface area (TPSA) is 75.9 Å². The lowest BCUT2D eigenvalue weighted by atomic mass is 9.95. The maximum absolute atomic E-state index is 12.7. The molecule has 3 saturated heterocycles. The van der Waals surface area contributed by atoms with Gasteiger partial charge in [0, 0.05) is 50.2 Å². The van der Waals surface area contributed by atoms with Gasteiger partial charge in [-0.05, 0) is 26.2 Å². The van der Waals surface area contributed by atoms with Crippen LogP contribution in [0.25, 0.3) is 0 Å². The third kappa shape index (κ3) is 4.01. The van der Waals surface area contributed by atoms with E-state index in [-0.39, 0.29) is 23.7 Å². The highest BCUT2D eigenvalue weighted by atomic mass is 32.2. The second kappa shape index (κ2) is 8.22. The van der Waals surface area contributed by atoms with Crippen molar-refractivity contribution in [2.24, 2.45) is 5.92 Å². The maximum atomic E-state index is 12.7. The summed E-state index contributed by atoms with van der Waals surface area (Å²) in [5.41, 5.74) is 0.457. The van der Waals surface area contributed by atoms with Gasteiger partial charge in [0.15, 0.2) is 11.6 Å². The number of amides is 2. The van der Waals surface area contributed by atoms with Crippen LogP contribution in [0.4, 0.5) is 0 Å². The zero-order chi connectivity index (χ0) is 18.8. The Kier molecular flexibility index (Phi) is 5.73. The summed E-state index contributed by atoms with van der Waals surface area (Å²) in [6.07, 6.45) is 2.48. The predicted octanol–water partition coefficient (Wildman–Crippen LogP) is 1.91. The molecule has 4 heterocycles. The van der Waals surface area contributed by atoms with Crippen molar-refractivity contribution in [2.45, 2.75) is 32.1 Å². The number of rotatable bonds is 3. The van der Waals surface area contributed by atoms with Gasteiger partial charge in [0.25, 0.3) is 5.91 Å². The molecule has 3 fully saturated rings. The Morgan fingerprint density at radius 2 is 1.81 bits per heavy atom. The van der Waals surface area contributed by atoms with Gasteiger partial charge in [-0.25, -0.2) is 4.98 Å². The van der Waals surface area contributed by atoms with Crippen molar-refractivity contribution >= 4 is 23.6 Å². The zero-order valence-corrected chi connectivity index (χ0v) is 16.6. The van der Waals surface area contributed by atoms with Crippen LogP contribution in [0.15, 0.2) is 4.42 Å². The first kappa shape index (κ1) is 18.8. The van der Waals surface area contributed by atoms with Gasteiger partial charge in [0.05, 0.1) is 12.5 Å². The smallest absolute Gasteiger partial charge is 0.276 e. The molecule has 1 aromatic heterocycles. The highest BCUT2D eigenvalue weighted by molar-refractivity contribution is 7.99.